The van der Waals surface area contributed by atoms with Gasteiger partial charge in [0, 0.05) is 20.8 Å². The summed E-state index contributed by atoms with van der Waals surface area (Å²) < 4.78 is 1.75. The van der Waals surface area contributed by atoms with Gasteiger partial charge in [-0.2, -0.15) is 0 Å². The first kappa shape index (κ1) is 16.5. The molecule has 1 N–H and O–H groups in total. The van der Waals surface area contributed by atoms with Crippen LogP contribution in [0, 0.1) is 11.8 Å². The second kappa shape index (κ2) is 7.95. The Bertz CT molecular complexity index is 478. The van der Waals surface area contributed by atoms with E-state index in [4.69, 9.17) is 0 Å². The fourth-order valence-corrected chi connectivity index (χ4v) is 4.39. The van der Waals surface area contributed by atoms with Crippen molar-refractivity contribution in [1.29, 1.82) is 0 Å². The van der Waals surface area contributed by atoms with Gasteiger partial charge in [0.25, 0.3) is 5.91 Å². The topological polar surface area (TPSA) is 29.1 Å². The minimum atomic E-state index is -0.00271. The normalized spacial score (nSPS) is 22.6. The zero-order chi connectivity index (χ0) is 14.5. The molecule has 2 unspecified atom stereocenters. The van der Waals surface area contributed by atoms with Crippen LogP contribution in [0.15, 0.2) is 27.1 Å². The van der Waals surface area contributed by atoms with Crippen molar-refractivity contribution in [3.8, 4) is 0 Å². The van der Waals surface area contributed by atoms with E-state index in [1.807, 2.05) is 18.2 Å². The Morgan fingerprint density at radius 2 is 1.90 bits per heavy atom. The van der Waals surface area contributed by atoms with Gasteiger partial charge in [-0.1, -0.05) is 44.7 Å². The van der Waals surface area contributed by atoms with Crippen molar-refractivity contribution >= 4 is 53.7 Å². The number of benzene rings is 1. The highest BCUT2D eigenvalue weighted by Gasteiger charge is 2.24. The summed E-state index contributed by atoms with van der Waals surface area (Å²) in [7, 11) is 0. The van der Waals surface area contributed by atoms with Crippen LogP contribution in [0.2, 0.25) is 0 Å². The minimum Gasteiger partial charge on any atom is -0.352 e. The molecule has 5 heteroatoms. The van der Waals surface area contributed by atoms with Crippen LogP contribution in [-0.4, -0.2) is 17.8 Å². The van der Waals surface area contributed by atoms with E-state index >= 15 is 0 Å². The first-order valence-electron chi connectivity index (χ1n) is 6.91. The summed E-state index contributed by atoms with van der Waals surface area (Å²) in [5.74, 6) is 1.28. The van der Waals surface area contributed by atoms with Gasteiger partial charge < -0.3 is 5.32 Å². The molecule has 0 heterocycles. The van der Waals surface area contributed by atoms with Gasteiger partial charge >= 0.3 is 0 Å². The third kappa shape index (κ3) is 4.31. The van der Waals surface area contributed by atoms with Crippen LogP contribution in [0.4, 0.5) is 0 Å². The molecule has 2 rings (SSSR count). The Hall–Kier alpha value is 0.130. The number of hydrogen-bond donors (Lipinski definition) is 1. The van der Waals surface area contributed by atoms with Crippen molar-refractivity contribution in [3.63, 3.8) is 0 Å². The molecule has 0 saturated heterocycles. The van der Waals surface area contributed by atoms with Crippen molar-refractivity contribution in [2.75, 3.05) is 11.9 Å². The summed E-state index contributed by atoms with van der Waals surface area (Å²) in [6.07, 6.45) is 5.09. The summed E-state index contributed by atoms with van der Waals surface area (Å²) in [6, 6.07) is 5.66. The van der Waals surface area contributed by atoms with Crippen LogP contribution in [0.5, 0.6) is 0 Å². The molecule has 110 valence electrons. The number of nitrogens with one attached hydrogen (secondary N) is 1. The SMILES string of the molecule is O=C(NCC1CCCCC1CBr)c1cc(Br)ccc1Br. The van der Waals surface area contributed by atoms with E-state index in [0.29, 0.717) is 17.4 Å². The van der Waals surface area contributed by atoms with Crippen LogP contribution in [-0.2, 0) is 0 Å². The average Bonchev–Trinajstić information content (AvgIpc) is 2.47. The van der Waals surface area contributed by atoms with Gasteiger partial charge in [0.1, 0.15) is 0 Å². The summed E-state index contributed by atoms with van der Waals surface area (Å²) >= 11 is 10.4. The van der Waals surface area contributed by atoms with Gasteiger partial charge in [-0.25, -0.2) is 0 Å². The van der Waals surface area contributed by atoms with Crippen molar-refractivity contribution in [2.45, 2.75) is 25.7 Å². The zero-order valence-corrected chi connectivity index (χ0v) is 15.9. The van der Waals surface area contributed by atoms with Crippen LogP contribution < -0.4 is 5.32 Å². The van der Waals surface area contributed by atoms with E-state index in [1.165, 1.54) is 25.7 Å². The molecule has 1 fully saturated rings. The molecular formula is C15H18Br3NO. The summed E-state index contributed by atoms with van der Waals surface area (Å²) in [5, 5.41) is 4.13. The third-order valence-electron chi connectivity index (χ3n) is 3.96. The minimum absolute atomic E-state index is 0.00271. The molecule has 1 aliphatic carbocycles. The maximum Gasteiger partial charge on any atom is 0.252 e. The average molecular weight is 468 g/mol. The molecule has 20 heavy (non-hydrogen) atoms. The fraction of sp³-hybridized carbons (Fsp3) is 0.533. The number of amides is 1. The number of halogens is 3. The second-order valence-corrected chi connectivity index (χ2v) is 7.71. The molecule has 0 aromatic heterocycles. The highest BCUT2D eigenvalue weighted by Crippen LogP contribution is 2.31. The second-order valence-electron chi connectivity index (χ2n) is 5.29. The standard InChI is InChI=1S/C15H18Br3NO/c16-8-10-3-1-2-4-11(10)9-19-15(20)13-7-12(17)5-6-14(13)18/h5-7,10-11H,1-4,8-9H2,(H,19,20). The highest BCUT2D eigenvalue weighted by atomic mass is 79.9. The number of carbonyl (C=O) groups excluding carboxylic acids is 1. The van der Waals surface area contributed by atoms with Gasteiger partial charge in [0.15, 0.2) is 0 Å². The lowest BCUT2D eigenvalue weighted by atomic mass is 9.80. The van der Waals surface area contributed by atoms with Crippen molar-refractivity contribution in [3.05, 3.63) is 32.7 Å². The molecule has 0 spiro atoms. The van der Waals surface area contributed by atoms with Gasteiger partial charge in [-0.15, -0.1) is 0 Å². The maximum atomic E-state index is 12.3. The van der Waals surface area contributed by atoms with E-state index in [0.717, 1.165) is 20.8 Å². The van der Waals surface area contributed by atoms with Crippen LogP contribution in [0.1, 0.15) is 36.0 Å². The molecule has 2 atom stereocenters. The molecule has 1 saturated carbocycles. The smallest absolute Gasteiger partial charge is 0.252 e. The molecule has 1 aromatic carbocycles. The number of hydrogen-bond acceptors (Lipinski definition) is 1. The molecule has 1 amide bonds. The number of carbonyl (C=O) groups is 1. The monoisotopic (exact) mass is 465 g/mol. The predicted molar refractivity (Wildman–Crippen MR) is 93.4 cm³/mol. The Kier molecular flexibility index (Phi) is 6.56. The quantitative estimate of drug-likeness (QED) is 0.610. The molecular weight excluding hydrogens is 450 g/mol. The number of alkyl halides is 1. The van der Waals surface area contributed by atoms with E-state index < -0.39 is 0 Å². The van der Waals surface area contributed by atoms with Gasteiger partial charge in [-0.3, -0.25) is 4.79 Å². The van der Waals surface area contributed by atoms with E-state index in [1.54, 1.807) is 0 Å². The lowest BCUT2D eigenvalue weighted by molar-refractivity contribution is 0.0936. The molecule has 1 aromatic rings. The Labute approximate surface area is 145 Å². The van der Waals surface area contributed by atoms with Crippen molar-refractivity contribution < 1.29 is 4.79 Å². The fourth-order valence-electron chi connectivity index (χ4n) is 2.75. The molecule has 1 aliphatic rings. The summed E-state index contributed by atoms with van der Waals surface area (Å²) in [6.45, 7) is 0.772. The highest BCUT2D eigenvalue weighted by molar-refractivity contribution is 9.11. The Morgan fingerprint density at radius 3 is 2.60 bits per heavy atom. The van der Waals surface area contributed by atoms with E-state index in [2.05, 4.69) is 53.1 Å². The van der Waals surface area contributed by atoms with E-state index in [-0.39, 0.29) is 5.91 Å². The van der Waals surface area contributed by atoms with E-state index in [9.17, 15) is 4.79 Å². The van der Waals surface area contributed by atoms with Gasteiger partial charge in [-0.05, 0) is 58.8 Å². The zero-order valence-electron chi connectivity index (χ0n) is 11.2. The number of rotatable bonds is 4. The molecule has 2 nitrogen and oxygen atoms in total. The van der Waals surface area contributed by atoms with Crippen molar-refractivity contribution in [1.82, 2.24) is 5.32 Å². The largest absolute Gasteiger partial charge is 0.352 e. The lowest BCUT2D eigenvalue weighted by Gasteiger charge is -2.30. The van der Waals surface area contributed by atoms with Crippen LogP contribution in [0.3, 0.4) is 0 Å². The van der Waals surface area contributed by atoms with Gasteiger partial charge in [0.05, 0.1) is 5.56 Å². The molecule has 0 aliphatic heterocycles. The first-order valence-corrected chi connectivity index (χ1v) is 9.61. The summed E-state index contributed by atoms with van der Waals surface area (Å²) in [5.41, 5.74) is 0.686. The maximum absolute atomic E-state index is 12.3. The Balaban J connectivity index is 1.96. The third-order valence-corrected chi connectivity index (χ3v) is 5.98. The Morgan fingerprint density at radius 1 is 1.20 bits per heavy atom. The van der Waals surface area contributed by atoms with Crippen LogP contribution in [0.25, 0.3) is 0 Å². The first-order chi connectivity index (χ1) is 9.61. The van der Waals surface area contributed by atoms with Crippen LogP contribution >= 0.6 is 47.8 Å². The lowest BCUT2D eigenvalue weighted by Crippen LogP contribution is -2.35. The van der Waals surface area contributed by atoms with Crippen molar-refractivity contribution in [2.24, 2.45) is 11.8 Å². The molecule has 0 bridgehead atoms. The summed E-state index contributed by atoms with van der Waals surface area (Å²) in [4.78, 5) is 12.3. The molecule has 0 radical (unpaired) electrons. The predicted octanol–water partition coefficient (Wildman–Crippen LogP) is 5.14. The van der Waals surface area contributed by atoms with Gasteiger partial charge in [0.2, 0.25) is 0 Å².